The van der Waals surface area contributed by atoms with Crippen LogP contribution < -0.4 is 0 Å². The Kier molecular flexibility index (Phi) is 1.61. The van der Waals surface area contributed by atoms with E-state index in [0.717, 1.165) is 0 Å². The highest BCUT2D eigenvalue weighted by Gasteiger charge is 2.03. The molecule has 0 aromatic carbocycles. The third-order valence-electron chi connectivity index (χ3n) is 0.941. The lowest BCUT2D eigenvalue weighted by Gasteiger charge is -1.83. The molecule has 0 saturated carbocycles. The van der Waals surface area contributed by atoms with Gasteiger partial charge in [-0.15, -0.1) is 5.10 Å². The second-order valence-electron chi connectivity index (χ2n) is 1.87. The lowest BCUT2D eigenvalue weighted by Crippen LogP contribution is -1.97. The van der Waals surface area contributed by atoms with Crippen molar-refractivity contribution in [2.75, 3.05) is 0 Å². The maximum absolute atomic E-state index is 9.91. The highest BCUT2D eigenvalue weighted by atomic mass is 16.6. The summed E-state index contributed by atoms with van der Waals surface area (Å²) >= 11 is 0. The van der Waals surface area contributed by atoms with Crippen LogP contribution in [0, 0.1) is 10.1 Å². The van der Waals surface area contributed by atoms with Crippen LogP contribution in [0.5, 0.6) is 0 Å². The molecule has 0 amide bonds. The van der Waals surface area contributed by atoms with Crippen molar-refractivity contribution in [1.82, 2.24) is 15.0 Å². The maximum Gasteiger partial charge on any atom is 0.248 e. The molecule has 0 fully saturated rings. The number of hydrogen-bond acceptors (Lipinski definition) is 4. The fourth-order valence-corrected chi connectivity index (χ4v) is 0.600. The van der Waals surface area contributed by atoms with Gasteiger partial charge in [0.25, 0.3) is 0 Å². The zero-order valence-corrected chi connectivity index (χ0v) is 5.39. The van der Waals surface area contributed by atoms with Gasteiger partial charge in [0.1, 0.15) is 0 Å². The molecule has 0 spiro atoms. The van der Waals surface area contributed by atoms with Gasteiger partial charge in [-0.3, -0.25) is 14.8 Å². The summed E-state index contributed by atoms with van der Waals surface area (Å²) < 4.78 is 1.43. The number of aromatic nitrogens is 3. The quantitative estimate of drug-likeness (QED) is 0.415. The summed E-state index contributed by atoms with van der Waals surface area (Å²) in [5.74, 6) is 0. The average molecular weight is 142 g/mol. The van der Waals surface area contributed by atoms with E-state index in [-0.39, 0.29) is 6.54 Å². The predicted octanol–water partition coefficient (Wildman–Crippen LogP) is -0.408. The highest BCUT2D eigenvalue weighted by molar-refractivity contribution is 4.88. The van der Waals surface area contributed by atoms with Gasteiger partial charge in [-0.05, 0) is 0 Å². The van der Waals surface area contributed by atoms with E-state index in [1.165, 1.54) is 10.9 Å². The Morgan fingerprint density at radius 2 is 2.60 bits per heavy atom. The van der Waals surface area contributed by atoms with Gasteiger partial charge in [0.05, 0.1) is 6.20 Å². The van der Waals surface area contributed by atoms with Crippen LogP contribution in [-0.2, 0) is 13.6 Å². The van der Waals surface area contributed by atoms with Crippen LogP contribution in [0.3, 0.4) is 0 Å². The molecule has 0 unspecified atom stereocenters. The molecule has 0 aliphatic carbocycles. The number of nitro groups is 1. The van der Waals surface area contributed by atoms with Crippen LogP contribution in [-0.4, -0.2) is 19.9 Å². The summed E-state index contributed by atoms with van der Waals surface area (Å²) in [7, 11) is 1.66. The van der Waals surface area contributed by atoms with E-state index >= 15 is 0 Å². The van der Waals surface area contributed by atoms with Crippen molar-refractivity contribution < 1.29 is 4.92 Å². The average Bonchev–Trinajstić information content (AvgIpc) is 2.13. The third kappa shape index (κ3) is 1.51. The third-order valence-corrected chi connectivity index (χ3v) is 0.941. The Balaban J connectivity index is 2.67. The molecule has 54 valence electrons. The number of aryl methyl sites for hydroxylation is 1. The Labute approximate surface area is 56.6 Å². The molecular weight excluding hydrogens is 136 g/mol. The van der Waals surface area contributed by atoms with Crippen LogP contribution in [0.2, 0.25) is 0 Å². The molecule has 0 bridgehead atoms. The molecule has 0 N–H and O–H groups in total. The molecule has 6 heteroatoms. The topological polar surface area (TPSA) is 73.8 Å². The molecule has 0 radical (unpaired) electrons. The van der Waals surface area contributed by atoms with Gasteiger partial charge < -0.3 is 0 Å². The first-order valence-electron chi connectivity index (χ1n) is 2.65. The molecule has 10 heavy (non-hydrogen) atoms. The van der Waals surface area contributed by atoms with E-state index in [9.17, 15) is 10.1 Å². The van der Waals surface area contributed by atoms with Crippen molar-refractivity contribution >= 4 is 0 Å². The van der Waals surface area contributed by atoms with E-state index in [0.29, 0.717) is 5.69 Å². The maximum atomic E-state index is 9.91. The van der Waals surface area contributed by atoms with Crippen molar-refractivity contribution in [1.29, 1.82) is 0 Å². The lowest BCUT2D eigenvalue weighted by molar-refractivity contribution is -0.497. The summed E-state index contributed by atoms with van der Waals surface area (Å²) in [6, 6.07) is 0. The van der Waals surface area contributed by atoms with Crippen LogP contribution in [0.15, 0.2) is 6.20 Å². The van der Waals surface area contributed by atoms with Crippen molar-refractivity contribution in [2.45, 2.75) is 6.54 Å². The van der Waals surface area contributed by atoms with Crippen molar-refractivity contribution in [2.24, 2.45) is 7.05 Å². The summed E-state index contributed by atoms with van der Waals surface area (Å²) in [5.41, 5.74) is 0.382. The second-order valence-corrected chi connectivity index (χ2v) is 1.87. The monoisotopic (exact) mass is 142 g/mol. The highest BCUT2D eigenvalue weighted by Crippen LogP contribution is 1.91. The lowest BCUT2D eigenvalue weighted by atomic mass is 10.5. The van der Waals surface area contributed by atoms with Gasteiger partial charge in [0.2, 0.25) is 6.54 Å². The van der Waals surface area contributed by atoms with E-state index < -0.39 is 4.92 Å². The summed E-state index contributed by atoms with van der Waals surface area (Å²) in [4.78, 5) is 9.47. The minimum Gasteiger partial charge on any atom is -0.264 e. The molecule has 1 aromatic rings. The van der Waals surface area contributed by atoms with Gasteiger partial charge in [0.15, 0.2) is 5.69 Å². The number of hydrogen-bond donors (Lipinski definition) is 0. The number of rotatable bonds is 2. The molecule has 0 atom stereocenters. The Morgan fingerprint density at radius 3 is 3.00 bits per heavy atom. The standard InChI is InChI=1S/C4H6N4O2/c1-7-2-4(5-6-7)3-8(9)10/h2H,3H2,1H3. The van der Waals surface area contributed by atoms with E-state index in [1.807, 2.05) is 0 Å². The Hall–Kier alpha value is -1.46. The van der Waals surface area contributed by atoms with E-state index in [4.69, 9.17) is 0 Å². The van der Waals surface area contributed by atoms with Crippen LogP contribution in [0.25, 0.3) is 0 Å². The zero-order valence-electron chi connectivity index (χ0n) is 5.39. The summed E-state index contributed by atoms with van der Waals surface area (Å²) in [5, 5.41) is 17.0. The van der Waals surface area contributed by atoms with Crippen molar-refractivity contribution in [3.63, 3.8) is 0 Å². The molecule has 6 nitrogen and oxygen atoms in total. The molecule has 0 saturated heterocycles. The molecule has 1 rings (SSSR count). The summed E-state index contributed by atoms with van der Waals surface area (Å²) in [6.45, 7) is -0.256. The van der Waals surface area contributed by atoms with Crippen LogP contribution >= 0.6 is 0 Å². The first-order valence-corrected chi connectivity index (χ1v) is 2.65. The second kappa shape index (κ2) is 2.42. The van der Waals surface area contributed by atoms with Gasteiger partial charge in [-0.25, -0.2) is 0 Å². The van der Waals surface area contributed by atoms with Crippen LogP contribution in [0.1, 0.15) is 5.69 Å². The summed E-state index contributed by atoms with van der Waals surface area (Å²) in [6.07, 6.45) is 1.52. The molecule has 1 heterocycles. The van der Waals surface area contributed by atoms with Gasteiger partial charge in [-0.1, -0.05) is 5.21 Å². The normalized spacial score (nSPS) is 9.70. The fraction of sp³-hybridized carbons (Fsp3) is 0.500. The fourth-order valence-electron chi connectivity index (χ4n) is 0.600. The van der Waals surface area contributed by atoms with Gasteiger partial charge in [-0.2, -0.15) is 0 Å². The first kappa shape index (κ1) is 6.66. The Bertz CT molecular complexity index is 243. The Morgan fingerprint density at radius 1 is 1.90 bits per heavy atom. The van der Waals surface area contributed by atoms with E-state index in [2.05, 4.69) is 10.3 Å². The zero-order chi connectivity index (χ0) is 7.56. The SMILES string of the molecule is Cn1cc(C[N+](=O)[O-])nn1. The minimum absolute atomic E-state index is 0.256. The molecular formula is C4H6N4O2. The molecule has 0 aliphatic rings. The molecule has 1 aromatic heterocycles. The van der Waals surface area contributed by atoms with Gasteiger partial charge >= 0.3 is 0 Å². The predicted molar refractivity (Wildman–Crippen MR) is 31.7 cm³/mol. The van der Waals surface area contributed by atoms with Crippen molar-refractivity contribution in [3.8, 4) is 0 Å². The smallest absolute Gasteiger partial charge is 0.248 e. The van der Waals surface area contributed by atoms with Crippen LogP contribution in [0.4, 0.5) is 0 Å². The minimum atomic E-state index is -0.440. The number of nitrogens with zero attached hydrogens (tertiary/aromatic N) is 4. The van der Waals surface area contributed by atoms with Gasteiger partial charge in [0, 0.05) is 12.0 Å². The van der Waals surface area contributed by atoms with Crippen molar-refractivity contribution in [3.05, 3.63) is 22.0 Å². The van der Waals surface area contributed by atoms with E-state index in [1.54, 1.807) is 7.05 Å². The largest absolute Gasteiger partial charge is 0.264 e. The first-order chi connectivity index (χ1) is 4.68. The molecule has 0 aliphatic heterocycles.